The van der Waals surface area contributed by atoms with Crippen LogP contribution in [-0.4, -0.2) is 34.4 Å². The molecule has 0 aromatic heterocycles. The van der Waals surface area contributed by atoms with Crippen molar-refractivity contribution in [1.29, 1.82) is 0 Å². The van der Waals surface area contributed by atoms with E-state index in [9.17, 15) is 9.90 Å². The Morgan fingerprint density at radius 1 is 1.40 bits per heavy atom. The van der Waals surface area contributed by atoms with Crippen LogP contribution in [0.3, 0.4) is 0 Å². The molecule has 1 rings (SSSR count). The minimum absolute atomic E-state index is 0.0799. The van der Waals surface area contributed by atoms with Gasteiger partial charge in [-0.05, 0) is 12.1 Å². The molecule has 0 heterocycles. The van der Waals surface area contributed by atoms with Gasteiger partial charge in [0.2, 0.25) is 5.91 Å². The summed E-state index contributed by atoms with van der Waals surface area (Å²) in [6.07, 6.45) is 0. The molecule has 0 fully saturated rings. The van der Waals surface area contributed by atoms with Crippen LogP contribution < -0.4 is 4.90 Å². The monoisotopic (exact) mass is 211 g/mol. The van der Waals surface area contributed by atoms with Crippen molar-refractivity contribution < 1.29 is 20.1 Å². The highest BCUT2D eigenvalue weighted by Crippen LogP contribution is 2.30. The van der Waals surface area contributed by atoms with Gasteiger partial charge in [0.1, 0.15) is 11.5 Å². The predicted molar refractivity (Wildman–Crippen MR) is 54.9 cm³/mol. The Kier molecular flexibility index (Phi) is 3.51. The first-order valence-electron chi connectivity index (χ1n) is 4.47. The van der Waals surface area contributed by atoms with Gasteiger partial charge in [-0.15, -0.1) is 0 Å². The standard InChI is InChI=1S/C10H13NO4/c1-7(13)11(4-5-12)9-3-2-8(14)6-10(9)15/h2-3,6,12,14-15H,4-5H2,1H3. The molecular formula is C10H13NO4. The number of amides is 1. The van der Waals surface area contributed by atoms with Crippen LogP contribution >= 0.6 is 0 Å². The molecule has 0 radical (unpaired) electrons. The zero-order chi connectivity index (χ0) is 11.4. The minimum atomic E-state index is -0.287. The van der Waals surface area contributed by atoms with Crippen molar-refractivity contribution in [1.82, 2.24) is 0 Å². The molecule has 15 heavy (non-hydrogen) atoms. The largest absolute Gasteiger partial charge is 0.508 e. The van der Waals surface area contributed by atoms with E-state index >= 15 is 0 Å². The summed E-state index contributed by atoms with van der Waals surface area (Å²) in [7, 11) is 0. The highest BCUT2D eigenvalue weighted by Gasteiger charge is 2.14. The Hall–Kier alpha value is -1.75. The molecule has 5 nitrogen and oxygen atoms in total. The second kappa shape index (κ2) is 4.65. The summed E-state index contributed by atoms with van der Waals surface area (Å²) >= 11 is 0. The molecule has 82 valence electrons. The third-order valence-corrected chi connectivity index (χ3v) is 1.95. The number of phenolic OH excluding ortho intramolecular Hbond substituents is 2. The van der Waals surface area contributed by atoms with Crippen LogP contribution in [0.15, 0.2) is 18.2 Å². The molecule has 1 aromatic rings. The van der Waals surface area contributed by atoms with Crippen LogP contribution in [0, 0.1) is 0 Å². The van der Waals surface area contributed by atoms with Crippen LogP contribution in [0.1, 0.15) is 6.92 Å². The van der Waals surface area contributed by atoms with E-state index in [1.807, 2.05) is 0 Å². The lowest BCUT2D eigenvalue weighted by Gasteiger charge is -2.20. The number of hydrogen-bond donors (Lipinski definition) is 3. The zero-order valence-electron chi connectivity index (χ0n) is 8.34. The quantitative estimate of drug-likeness (QED) is 0.677. The van der Waals surface area contributed by atoms with Crippen LogP contribution in [-0.2, 0) is 4.79 Å². The fourth-order valence-electron chi connectivity index (χ4n) is 1.29. The molecule has 0 saturated carbocycles. The number of anilines is 1. The molecule has 0 bridgehead atoms. The number of aromatic hydroxyl groups is 2. The second-order valence-corrected chi connectivity index (χ2v) is 3.07. The fourth-order valence-corrected chi connectivity index (χ4v) is 1.29. The van der Waals surface area contributed by atoms with Crippen LogP contribution in [0.4, 0.5) is 5.69 Å². The number of phenols is 2. The normalized spacial score (nSPS) is 10.0. The lowest BCUT2D eigenvalue weighted by atomic mass is 10.2. The summed E-state index contributed by atoms with van der Waals surface area (Å²) in [6.45, 7) is 1.25. The van der Waals surface area contributed by atoms with Crippen LogP contribution in [0.25, 0.3) is 0 Å². The number of carbonyl (C=O) groups is 1. The number of nitrogens with zero attached hydrogens (tertiary/aromatic N) is 1. The molecule has 0 aliphatic rings. The van der Waals surface area contributed by atoms with E-state index in [1.54, 1.807) is 0 Å². The van der Waals surface area contributed by atoms with E-state index in [-0.39, 0.29) is 36.2 Å². The number of aliphatic hydroxyl groups excluding tert-OH is 1. The van der Waals surface area contributed by atoms with Gasteiger partial charge >= 0.3 is 0 Å². The van der Waals surface area contributed by atoms with Crippen molar-refractivity contribution in [2.75, 3.05) is 18.1 Å². The van der Waals surface area contributed by atoms with Crippen molar-refractivity contribution >= 4 is 11.6 Å². The van der Waals surface area contributed by atoms with Gasteiger partial charge in [0.05, 0.1) is 12.3 Å². The first-order chi connectivity index (χ1) is 7.06. The van der Waals surface area contributed by atoms with E-state index in [0.717, 1.165) is 6.07 Å². The highest BCUT2D eigenvalue weighted by molar-refractivity contribution is 5.93. The van der Waals surface area contributed by atoms with Gasteiger partial charge in [-0.1, -0.05) is 0 Å². The Labute approximate surface area is 87.2 Å². The zero-order valence-corrected chi connectivity index (χ0v) is 8.34. The molecule has 1 aromatic carbocycles. The topological polar surface area (TPSA) is 81.0 Å². The van der Waals surface area contributed by atoms with E-state index < -0.39 is 0 Å². The SMILES string of the molecule is CC(=O)N(CCO)c1ccc(O)cc1O. The van der Waals surface area contributed by atoms with E-state index in [4.69, 9.17) is 10.2 Å². The van der Waals surface area contributed by atoms with Gasteiger partial charge in [0.15, 0.2) is 0 Å². The van der Waals surface area contributed by atoms with Crippen molar-refractivity contribution in [3.05, 3.63) is 18.2 Å². The highest BCUT2D eigenvalue weighted by atomic mass is 16.3. The second-order valence-electron chi connectivity index (χ2n) is 3.07. The summed E-state index contributed by atoms with van der Waals surface area (Å²) in [6, 6.07) is 3.92. The van der Waals surface area contributed by atoms with Gasteiger partial charge in [-0.25, -0.2) is 0 Å². The number of aliphatic hydroxyl groups is 1. The predicted octanol–water partition coefficient (Wildman–Crippen LogP) is 0.443. The summed E-state index contributed by atoms with van der Waals surface area (Å²) in [4.78, 5) is 12.4. The number of benzene rings is 1. The van der Waals surface area contributed by atoms with Crippen molar-refractivity contribution in [3.63, 3.8) is 0 Å². The number of carbonyl (C=O) groups excluding carboxylic acids is 1. The van der Waals surface area contributed by atoms with Crippen molar-refractivity contribution in [2.24, 2.45) is 0 Å². The third kappa shape index (κ3) is 2.60. The molecule has 0 aliphatic heterocycles. The number of hydrogen-bond acceptors (Lipinski definition) is 4. The molecule has 3 N–H and O–H groups in total. The maximum absolute atomic E-state index is 11.2. The summed E-state index contributed by atoms with van der Waals surface area (Å²) in [5.74, 6) is -0.563. The molecule has 0 aliphatic carbocycles. The fraction of sp³-hybridized carbons (Fsp3) is 0.300. The Morgan fingerprint density at radius 2 is 2.07 bits per heavy atom. The molecule has 1 amide bonds. The lowest BCUT2D eigenvalue weighted by molar-refractivity contribution is -0.116. The van der Waals surface area contributed by atoms with Gasteiger partial charge in [-0.2, -0.15) is 0 Å². The molecule has 0 atom stereocenters. The maximum Gasteiger partial charge on any atom is 0.224 e. The van der Waals surface area contributed by atoms with E-state index in [0.29, 0.717) is 0 Å². The van der Waals surface area contributed by atoms with E-state index in [2.05, 4.69) is 0 Å². The number of rotatable bonds is 3. The maximum atomic E-state index is 11.2. The minimum Gasteiger partial charge on any atom is -0.508 e. The average Bonchev–Trinajstić information content (AvgIpc) is 2.15. The molecule has 0 unspecified atom stereocenters. The van der Waals surface area contributed by atoms with Gasteiger partial charge in [0, 0.05) is 19.5 Å². The van der Waals surface area contributed by atoms with Gasteiger partial charge in [-0.3, -0.25) is 4.79 Å². The molecule has 0 spiro atoms. The smallest absolute Gasteiger partial charge is 0.224 e. The van der Waals surface area contributed by atoms with Crippen LogP contribution in [0.5, 0.6) is 11.5 Å². The van der Waals surface area contributed by atoms with Gasteiger partial charge < -0.3 is 20.2 Å². The summed E-state index contributed by atoms with van der Waals surface area (Å²) in [5, 5.41) is 27.3. The Bertz CT molecular complexity index is 364. The van der Waals surface area contributed by atoms with Crippen LogP contribution in [0.2, 0.25) is 0 Å². The van der Waals surface area contributed by atoms with Crippen molar-refractivity contribution in [3.8, 4) is 11.5 Å². The summed E-state index contributed by atoms with van der Waals surface area (Å²) in [5.41, 5.74) is 0.273. The third-order valence-electron chi connectivity index (χ3n) is 1.95. The van der Waals surface area contributed by atoms with E-state index in [1.165, 1.54) is 24.0 Å². The molecular weight excluding hydrogens is 198 g/mol. The van der Waals surface area contributed by atoms with Crippen molar-refractivity contribution in [2.45, 2.75) is 6.92 Å². The average molecular weight is 211 g/mol. The Morgan fingerprint density at radius 3 is 2.53 bits per heavy atom. The first-order valence-corrected chi connectivity index (χ1v) is 4.47. The first kappa shape index (κ1) is 11.3. The lowest BCUT2D eigenvalue weighted by Crippen LogP contribution is -2.31. The Balaban J connectivity index is 3.05. The molecule has 5 heteroatoms. The summed E-state index contributed by atoms with van der Waals surface area (Å²) < 4.78 is 0. The molecule has 0 saturated heterocycles. The van der Waals surface area contributed by atoms with Gasteiger partial charge in [0.25, 0.3) is 0 Å².